The molecule has 1 heterocycles. The molecule has 0 bridgehead atoms. The molecule has 2 rings (SSSR count). The van der Waals surface area contributed by atoms with Gasteiger partial charge in [-0.25, -0.2) is 8.42 Å². The lowest BCUT2D eigenvalue weighted by molar-refractivity contribution is 0.601. The SMILES string of the molecule is CNCc1ccc(S(=O)(=O)Nc2ccncc2C)cc1. The van der Waals surface area contributed by atoms with Gasteiger partial charge in [0.25, 0.3) is 10.0 Å². The summed E-state index contributed by atoms with van der Waals surface area (Å²) < 4.78 is 27.1. The third-order valence-corrected chi connectivity index (χ3v) is 4.26. The third-order valence-electron chi connectivity index (χ3n) is 2.88. The molecule has 0 atom stereocenters. The Labute approximate surface area is 119 Å². The normalized spacial score (nSPS) is 11.3. The molecule has 1 aromatic heterocycles. The molecule has 0 aliphatic heterocycles. The topological polar surface area (TPSA) is 71.1 Å². The van der Waals surface area contributed by atoms with E-state index in [1.54, 1.807) is 49.6 Å². The number of hydrogen-bond acceptors (Lipinski definition) is 4. The third kappa shape index (κ3) is 3.34. The maximum absolute atomic E-state index is 12.3. The van der Waals surface area contributed by atoms with Crippen molar-refractivity contribution in [3.8, 4) is 0 Å². The van der Waals surface area contributed by atoms with E-state index in [0.717, 1.165) is 11.1 Å². The Bertz CT molecular complexity index is 682. The van der Waals surface area contributed by atoms with Gasteiger partial charge in [0.1, 0.15) is 0 Å². The molecule has 0 amide bonds. The summed E-state index contributed by atoms with van der Waals surface area (Å²) in [5, 5.41) is 3.02. The highest BCUT2D eigenvalue weighted by Gasteiger charge is 2.14. The molecule has 0 fully saturated rings. The van der Waals surface area contributed by atoms with Crippen LogP contribution in [-0.2, 0) is 16.6 Å². The number of anilines is 1. The minimum absolute atomic E-state index is 0.244. The van der Waals surface area contributed by atoms with E-state index < -0.39 is 10.0 Å². The van der Waals surface area contributed by atoms with Crippen LogP contribution in [0.1, 0.15) is 11.1 Å². The molecular weight excluding hydrogens is 274 g/mol. The van der Waals surface area contributed by atoms with Gasteiger partial charge in [-0.05, 0) is 43.3 Å². The van der Waals surface area contributed by atoms with Crippen LogP contribution in [-0.4, -0.2) is 20.4 Å². The highest BCUT2D eigenvalue weighted by Crippen LogP contribution is 2.18. The fourth-order valence-electron chi connectivity index (χ4n) is 1.78. The summed E-state index contributed by atoms with van der Waals surface area (Å²) in [5.74, 6) is 0. The standard InChI is InChI=1S/C14H17N3O2S/c1-11-9-16-8-7-14(11)17-20(18,19)13-5-3-12(4-6-13)10-15-2/h3-9,15H,10H2,1-2H3,(H,16,17). The largest absolute Gasteiger partial charge is 0.316 e. The number of rotatable bonds is 5. The maximum Gasteiger partial charge on any atom is 0.261 e. The summed E-state index contributed by atoms with van der Waals surface area (Å²) in [4.78, 5) is 4.18. The second-order valence-corrected chi connectivity index (χ2v) is 6.15. The number of nitrogens with one attached hydrogen (secondary N) is 2. The highest BCUT2D eigenvalue weighted by molar-refractivity contribution is 7.92. The lowest BCUT2D eigenvalue weighted by Crippen LogP contribution is -2.14. The van der Waals surface area contributed by atoms with Gasteiger partial charge in [-0.2, -0.15) is 0 Å². The molecule has 106 valence electrons. The molecule has 1 aromatic carbocycles. The van der Waals surface area contributed by atoms with Crippen molar-refractivity contribution in [2.24, 2.45) is 0 Å². The van der Waals surface area contributed by atoms with Crippen molar-refractivity contribution in [1.82, 2.24) is 10.3 Å². The number of aryl methyl sites for hydroxylation is 1. The predicted molar refractivity (Wildman–Crippen MR) is 79.0 cm³/mol. The Morgan fingerprint density at radius 1 is 1.15 bits per heavy atom. The van der Waals surface area contributed by atoms with Gasteiger partial charge in [0.05, 0.1) is 10.6 Å². The molecule has 5 nitrogen and oxygen atoms in total. The van der Waals surface area contributed by atoms with Gasteiger partial charge in [0.15, 0.2) is 0 Å². The van der Waals surface area contributed by atoms with Crippen LogP contribution < -0.4 is 10.0 Å². The monoisotopic (exact) mass is 291 g/mol. The van der Waals surface area contributed by atoms with Gasteiger partial charge in [-0.3, -0.25) is 9.71 Å². The first-order valence-corrected chi connectivity index (χ1v) is 7.68. The maximum atomic E-state index is 12.3. The lowest BCUT2D eigenvalue weighted by atomic mass is 10.2. The van der Waals surface area contributed by atoms with Crippen LogP contribution in [0, 0.1) is 6.92 Å². The van der Waals surface area contributed by atoms with E-state index in [1.807, 2.05) is 7.05 Å². The molecule has 0 aliphatic carbocycles. The van der Waals surface area contributed by atoms with Gasteiger partial charge in [-0.15, -0.1) is 0 Å². The Balaban J connectivity index is 2.24. The van der Waals surface area contributed by atoms with E-state index in [-0.39, 0.29) is 4.90 Å². The molecule has 0 saturated heterocycles. The fraction of sp³-hybridized carbons (Fsp3) is 0.214. The van der Waals surface area contributed by atoms with Crippen molar-refractivity contribution < 1.29 is 8.42 Å². The molecule has 2 N–H and O–H groups in total. The Kier molecular flexibility index (Phi) is 4.36. The number of nitrogens with zero attached hydrogens (tertiary/aromatic N) is 1. The van der Waals surface area contributed by atoms with Crippen LogP contribution in [0.2, 0.25) is 0 Å². The van der Waals surface area contributed by atoms with Crippen molar-refractivity contribution in [2.75, 3.05) is 11.8 Å². The van der Waals surface area contributed by atoms with Gasteiger partial charge in [0.2, 0.25) is 0 Å². The van der Waals surface area contributed by atoms with Gasteiger partial charge >= 0.3 is 0 Å². The summed E-state index contributed by atoms with van der Waals surface area (Å²) >= 11 is 0. The Hall–Kier alpha value is -1.92. The van der Waals surface area contributed by atoms with Gasteiger partial charge in [-0.1, -0.05) is 12.1 Å². The first-order valence-electron chi connectivity index (χ1n) is 6.20. The number of pyridine rings is 1. The highest BCUT2D eigenvalue weighted by atomic mass is 32.2. The van der Waals surface area contributed by atoms with Crippen molar-refractivity contribution in [2.45, 2.75) is 18.4 Å². The summed E-state index contributed by atoms with van der Waals surface area (Å²) in [6.07, 6.45) is 3.18. The Morgan fingerprint density at radius 3 is 2.45 bits per heavy atom. The Morgan fingerprint density at radius 2 is 1.85 bits per heavy atom. The van der Waals surface area contributed by atoms with Crippen molar-refractivity contribution in [3.63, 3.8) is 0 Å². The molecule has 0 aliphatic rings. The van der Waals surface area contributed by atoms with E-state index in [1.165, 1.54) is 0 Å². The zero-order chi connectivity index (χ0) is 14.6. The molecule has 0 unspecified atom stereocenters. The molecule has 2 aromatic rings. The van der Waals surface area contributed by atoms with E-state index in [2.05, 4.69) is 15.0 Å². The minimum atomic E-state index is -3.57. The zero-order valence-electron chi connectivity index (χ0n) is 11.4. The van der Waals surface area contributed by atoms with Crippen LogP contribution in [0.25, 0.3) is 0 Å². The summed E-state index contributed by atoms with van der Waals surface area (Å²) in [5.41, 5.74) is 2.36. The van der Waals surface area contributed by atoms with E-state index in [0.29, 0.717) is 12.2 Å². The molecule has 0 saturated carbocycles. The average molecular weight is 291 g/mol. The predicted octanol–water partition coefficient (Wildman–Crippen LogP) is 1.91. The van der Waals surface area contributed by atoms with E-state index in [9.17, 15) is 8.42 Å². The number of hydrogen-bond donors (Lipinski definition) is 2. The van der Waals surface area contributed by atoms with Crippen LogP contribution in [0.3, 0.4) is 0 Å². The second kappa shape index (κ2) is 6.02. The molecule has 6 heteroatoms. The first kappa shape index (κ1) is 14.5. The smallest absolute Gasteiger partial charge is 0.261 e. The average Bonchev–Trinajstić information content (AvgIpc) is 2.42. The van der Waals surface area contributed by atoms with E-state index in [4.69, 9.17) is 0 Å². The van der Waals surface area contributed by atoms with Crippen molar-refractivity contribution in [1.29, 1.82) is 0 Å². The first-order chi connectivity index (χ1) is 9.53. The van der Waals surface area contributed by atoms with Gasteiger partial charge < -0.3 is 5.32 Å². The van der Waals surface area contributed by atoms with Crippen LogP contribution in [0.5, 0.6) is 0 Å². The second-order valence-electron chi connectivity index (χ2n) is 4.47. The van der Waals surface area contributed by atoms with E-state index >= 15 is 0 Å². The molecule has 0 spiro atoms. The van der Waals surface area contributed by atoms with Crippen molar-refractivity contribution in [3.05, 3.63) is 53.9 Å². The molecule has 0 radical (unpaired) electrons. The number of sulfonamides is 1. The number of aromatic nitrogens is 1. The molecule has 20 heavy (non-hydrogen) atoms. The molecular formula is C14H17N3O2S. The lowest BCUT2D eigenvalue weighted by Gasteiger charge is -2.10. The minimum Gasteiger partial charge on any atom is -0.316 e. The van der Waals surface area contributed by atoms with Crippen molar-refractivity contribution >= 4 is 15.7 Å². The van der Waals surface area contributed by atoms with Crippen LogP contribution in [0.15, 0.2) is 47.6 Å². The summed E-state index contributed by atoms with van der Waals surface area (Å²) in [7, 11) is -1.72. The van der Waals surface area contributed by atoms with Gasteiger partial charge in [0, 0.05) is 18.9 Å². The summed E-state index contributed by atoms with van der Waals surface area (Å²) in [6.45, 7) is 2.51. The summed E-state index contributed by atoms with van der Waals surface area (Å²) in [6, 6.07) is 8.44. The zero-order valence-corrected chi connectivity index (χ0v) is 12.2. The van der Waals surface area contributed by atoms with Crippen LogP contribution in [0.4, 0.5) is 5.69 Å². The quantitative estimate of drug-likeness (QED) is 0.883. The fourth-order valence-corrected chi connectivity index (χ4v) is 2.91. The van der Waals surface area contributed by atoms with Crippen LogP contribution >= 0.6 is 0 Å². The number of benzene rings is 1.